The van der Waals surface area contributed by atoms with Crippen LogP contribution >= 0.6 is 0 Å². The largest absolute Gasteiger partial charge is 0.348 e. The Hall–Kier alpha value is -1.85. The molecule has 0 aliphatic carbocycles. The van der Waals surface area contributed by atoms with Gasteiger partial charge in [0.15, 0.2) is 0 Å². The Balaban J connectivity index is 1.82. The van der Waals surface area contributed by atoms with Crippen molar-refractivity contribution in [1.29, 1.82) is 0 Å². The summed E-state index contributed by atoms with van der Waals surface area (Å²) < 4.78 is 2.22. The molecule has 0 saturated carbocycles. The summed E-state index contributed by atoms with van der Waals surface area (Å²) >= 11 is 0. The molecular formula is C20H30N4O. The maximum atomic E-state index is 12.8. The zero-order chi connectivity index (χ0) is 17.8. The molecule has 1 unspecified atom stereocenters. The molecule has 2 aromatic rings. The van der Waals surface area contributed by atoms with Crippen LogP contribution in [-0.2, 0) is 11.8 Å². The Morgan fingerprint density at radius 2 is 2.04 bits per heavy atom. The van der Waals surface area contributed by atoms with E-state index in [1.165, 1.54) is 16.6 Å². The summed E-state index contributed by atoms with van der Waals surface area (Å²) in [6.45, 7) is 2.82. The van der Waals surface area contributed by atoms with Crippen molar-refractivity contribution >= 4 is 16.8 Å². The third kappa shape index (κ3) is 4.22. The summed E-state index contributed by atoms with van der Waals surface area (Å²) in [6, 6.07) is 10.7. The molecule has 1 atom stereocenters. The number of para-hydroxylation sites is 1. The Labute approximate surface area is 150 Å². The molecule has 1 saturated heterocycles. The van der Waals surface area contributed by atoms with E-state index in [1.807, 2.05) is 0 Å². The van der Waals surface area contributed by atoms with Gasteiger partial charge in [0.2, 0.25) is 5.91 Å². The van der Waals surface area contributed by atoms with Crippen LogP contribution in [0.15, 0.2) is 30.3 Å². The van der Waals surface area contributed by atoms with Crippen molar-refractivity contribution in [1.82, 2.24) is 20.1 Å². The van der Waals surface area contributed by atoms with E-state index in [4.69, 9.17) is 0 Å². The summed E-state index contributed by atoms with van der Waals surface area (Å²) in [6.07, 6.45) is 2.77. The van der Waals surface area contributed by atoms with E-state index >= 15 is 0 Å². The van der Waals surface area contributed by atoms with Gasteiger partial charge in [0.1, 0.15) is 0 Å². The molecule has 0 radical (unpaired) electrons. The summed E-state index contributed by atoms with van der Waals surface area (Å²) in [5, 5.41) is 7.90. The molecule has 1 aromatic heterocycles. The number of piperidine rings is 1. The molecule has 1 amide bonds. The number of aryl methyl sites for hydroxylation is 1. The average Bonchev–Trinajstić information content (AvgIpc) is 2.96. The highest BCUT2D eigenvalue weighted by atomic mass is 16.2. The van der Waals surface area contributed by atoms with Gasteiger partial charge in [0.05, 0.1) is 6.04 Å². The van der Waals surface area contributed by atoms with Gasteiger partial charge in [0, 0.05) is 24.2 Å². The predicted octanol–water partition coefficient (Wildman–Crippen LogP) is 2.29. The van der Waals surface area contributed by atoms with E-state index in [-0.39, 0.29) is 17.9 Å². The Morgan fingerprint density at radius 1 is 1.32 bits per heavy atom. The smallest absolute Gasteiger partial charge is 0.223 e. The predicted molar refractivity (Wildman–Crippen MR) is 103 cm³/mol. The van der Waals surface area contributed by atoms with E-state index in [2.05, 4.69) is 71.6 Å². The van der Waals surface area contributed by atoms with Crippen LogP contribution in [0.25, 0.3) is 10.9 Å². The van der Waals surface area contributed by atoms with Crippen molar-refractivity contribution in [2.75, 3.05) is 33.7 Å². The molecule has 2 N–H and O–H groups in total. The first-order valence-electron chi connectivity index (χ1n) is 9.26. The Bertz CT molecular complexity index is 716. The van der Waals surface area contributed by atoms with Crippen molar-refractivity contribution in [3.8, 4) is 0 Å². The van der Waals surface area contributed by atoms with Gasteiger partial charge in [-0.25, -0.2) is 0 Å². The highest BCUT2D eigenvalue weighted by Crippen LogP contribution is 2.26. The maximum Gasteiger partial charge on any atom is 0.223 e. The molecule has 2 heterocycles. The molecule has 136 valence electrons. The standard InChI is InChI=1S/C20H30N4O/c1-23(2)13-10-17(22-20(25)15-8-11-21-12-9-15)19-14-16-6-4-5-7-18(16)24(19)3/h4-7,14-15,17,21H,8-13H2,1-3H3,(H,22,25). The van der Waals surface area contributed by atoms with Crippen LogP contribution in [0.4, 0.5) is 0 Å². The second kappa shape index (κ2) is 8.02. The number of nitrogens with zero attached hydrogens (tertiary/aromatic N) is 2. The van der Waals surface area contributed by atoms with Crippen molar-refractivity contribution < 1.29 is 4.79 Å². The summed E-state index contributed by atoms with van der Waals surface area (Å²) in [5.74, 6) is 0.341. The van der Waals surface area contributed by atoms with E-state index in [1.54, 1.807) is 0 Å². The maximum absolute atomic E-state index is 12.8. The number of fused-ring (bicyclic) bond motifs is 1. The summed E-state index contributed by atoms with van der Waals surface area (Å²) in [5.41, 5.74) is 2.40. The average molecular weight is 342 g/mol. The molecule has 1 fully saturated rings. The first-order chi connectivity index (χ1) is 12.1. The summed E-state index contributed by atoms with van der Waals surface area (Å²) in [7, 11) is 6.25. The molecule has 1 aromatic carbocycles. The van der Waals surface area contributed by atoms with Crippen LogP contribution in [0.3, 0.4) is 0 Å². The number of carbonyl (C=O) groups excluding carboxylic acids is 1. The second-order valence-electron chi connectivity index (χ2n) is 7.36. The fourth-order valence-corrected chi connectivity index (χ4v) is 3.70. The number of benzene rings is 1. The van der Waals surface area contributed by atoms with E-state index in [0.29, 0.717) is 0 Å². The molecule has 0 spiro atoms. The SMILES string of the molecule is CN(C)CCC(NC(=O)C1CCNCC1)c1cc2ccccc2n1C. The third-order valence-corrected chi connectivity index (χ3v) is 5.24. The minimum absolute atomic E-state index is 0.0437. The quantitative estimate of drug-likeness (QED) is 0.847. The minimum atomic E-state index is 0.0437. The number of nitrogens with one attached hydrogen (secondary N) is 2. The number of amides is 1. The topological polar surface area (TPSA) is 49.3 Å². The molecular weight excluding hydrogens is 312 g/mol. The first-order valence-corrected chi connectivity index (χ1v) is 9.26. The fraction of sp³-hybridized carbons (Fsp3) is 0.550. The fourth-order valence-electron chi connectivity index (χ4n) is 3.70. The zero-order valence-electron chi connectivity index (χ0n) is 15.6. The molecule has 3 rings (SSSR count). The Kier molecular flexibility index (Phi) is 5.76. The monoisotopic (exact) mass is 342 g/mol. The number of carbonyl (C=O) groups is 1. The van der Waals surface area contributed by atoms with Crippen molar-refractivity contribution in [3.05, 3.63) is 36.0 Å². The molecule has 1 aliphatic heterocycles. The number of rotatable bonds is 6. The number of aromatic nitrogens is 1. The van der Waals surface area contributed by atoms with Gasteiger partial charge < -0.3 is 20.1 Å². The van der Waals surface area contributed by atoms with Crippen LogP contribution in [-0.4, -0.2) is 49.1 Å². The first kappa shape index (κ1) is 18.0. The Morgan fingerprint density at radius 3 is 2.72 bits per heavy atom. The van der Waals surface area contributed by atoms with Gasteiger partial charge in [-0.2, -0.15) is 0 Å². The van der Waals surface area contributed by atoms with Gasteiger partial charge in [-0.1, -0.05) is 18.2 Å². The normalized spacial score (nSPS) is 17.1. The van der Waals surface area contributed by atoms with Gasteiger partial charge in [0.25, 0.3) is 0 Å². The van der Waals surface area contributed by atoms with Gasteiger partial charge >= 0.3 is 0 Å². The molecule has 5 nitrogen and oxygen atoms in total. The lowest BCUT2D eigenvalue weighted by Crippen LogP contribution is -2.40. The van der Waals surface area contributed by atoms with E-state index in [0.717, 1.165) is 38.9 Å². The highest BCUT2D eigenvalue weighted by molar-refractivity contribution is 5.82. The highest BCUT2D eigenvalue weighted by Gasteiger charge is 2.25. The van der Waals surface area contributed by atoms with Crippen LogP contribution in [0.1, 0.15) is 31.0 Å². The van der Waals surface area contributed by atoms with Gasteiger partial charge in [-0.05, 0) is 70.5 Å². The molecule has 5 heteroatoms. The second-order valence-corrected chi connectivity index (χ2v) is 7.36. The van der Waals surface area contributed by atoms with Crippen molar-refractivity contribution in [3.63, 3.8) is 0 Å². The summed E-state index contributed by atoms with van der Waals surface area (Å²) in [4.78, 5) is 15.0. The molecule has 25 heavy (non-hydrogen) atoms. The minimum Gasteiger partial charge on any atom is -0.348 e. The number of hydrogen-bond donors (Lipinski definition) is 2. The lowest BCUT2D eigenvalue weighted by atomic mass is 9.96. The third-order valence-electron chi connectivity index (χ3n) is 5.24. The van der Waals surface area contributed by atoms with E-state index < -0.39 is 0 Å². The van der Waals surface area contributed by atoms with Crippen LogP contribution in [0.5, 0.6) is 0 Å². The van der Waals surface area contributed by atoms with E-state index in [9.17, 15) is 4.79 Å². The van der Waals surface area contributed by atoms with Gasteiger partial charge in [-0.3, -0.25) is 4.79 Å². The molecule has 1 aliphatic rings. The lowest BCUT2D eigenvalue weighted by Gasteiger charge is -2.26. The zero-order valence-corrected chi connectivity index (χ0v) is 15.6. The molecule has 0 bridgehead atoms. The van der Waals surface area contributed by atoms with Crippen molar-refractivity contribution in [2.45, 2.75) is 25.3 Å². The van der Waals surface area contributed by atoms with Crippen LogP contribution in [0.2, 0.25) is 0 Å². The van der Waals surface area contributed by atoms with Crippen molar-refractivity contribution in [2.24, 2.45) is 13.0 Å². The van der Waals surface area contributed by atoms with Crippen LogP contribution < -0.4 is 10.6 Å². The number of hydrogen-bond acceptors (Lipinski definition) is 3. The lowest BCUT2D eigenvalue weighted by molar-refractivity contribution is -0.126. The van der Waals surface area contributed by atoms with Gasteiger partial charge in [-0.15, -0.1) is 0 Å². The van der Waals surface area contributed by atoms with Crippen LogP contribution in [0, 0.1) is 5.92 Å².